The summed E-state index contributed by atoms with van der Waals surface area (Å²) in [5.74, 6) is -0.212. The lowest BCUT2D eigenvalue weighted by atomic mass is 9.98. The van der Waals surface area contributed by atoms with Crippen molar-refractivity contribution in [3.8, 4) is 11.5 Å². The third-order valence-corrected chi connectivity index (χ3v) is 4.61. The molecular formula is C22H21NO4. The molecule has 1 unspecified atom stereocenters. The fourth-order valence-corrected chi connectivity index (χ4v) is 2.84. The molecule has 0 aliphatic rings. The van der Waals surface area contributed by atoms with Crippen molar-refractivity contribution < 1.29 is 19.1 Å². The first-order valence-electron chi connectivity index (χ1n) is 8.83. The zero-order valence-electron chi connectivity index (χ0n) is 15.3. The van der Waals surface area contributed by atoms with Crippen molar-refractivity contribution in [2.24, 2.45) is 0 Å². The van der Waals surface area contributed by atoms with Crippen LogP contribution in [-0.4, -0.2) is 21.8 Å². The Bertz CT molecular complexity index is 942. The van der Waals surface area contributed by atoms with Gasteiger partial charge in [-0.15, -0.1) is 0 Å². The normalized spacial score (nSPS) is 11.9. The first-order chi connectivity index (χ1) is 13.0. The Kier molecular flexibility index (Phi) is 5.50. The average molecular weight is 363 g/mol. The summed E-state index contributed by atoms with van der Waals surface area (Å²) in [4.78, 5) is 28.0. The highest BCUT2D eigenvalue weighted by Gasteiger charge is 2.16. The van der Waals surface area contributed by atoms with Crippen molar-refractivity contribution in [1.82, 2.24) is 4.98 Å². The summed E-state index contributed by atoms with van der Waals surface area (Å²) in [7, 11) is 0. The number of Topliss-reactive ketones (excluding diaryl/α,β-unsaturated/α-hetero) is 1. The molecule has 2 aromatic carbocycles. The fraction of sp³-hybridized carbons (Fsp3) is 0.227. The Balaban J connectivity index is 1.66. The maximum Gasteiger partial charge on any atom is 0.310 e. The minimum Gasteiger partial charge on any atom is -0.481 e. The molecule has 0 aliphatic carbocycles. The van der Waals surface area contributed by atoms with Crippen LogP contribution in [0.1, 0.15) is 46.6 Å². The number of carboxylic acid groups (broad SMARTS) is 1. The van der Waals surface area contributed by atoms with Crippen LogP contribution in [0.15, 0.2) is 59.0 Å². The summed E-state index contributed by atoms with van der Waals surface area (Å²) in [6, 6.07) is 16.4. The average Bonchev–Trinajstić information content (AvgIpc) is 3.07. The zero-order chi connectivity index (χ0) is 19.4. The second-order valence-corrected chi connectivity index (χ2v) is 6.49. The monoisotopic (exact) mass is 363 g/mol. The van der Waals surface area contributed by atoms with E-state index in [0.717, 1.165) is 11.3 Å². The largest absolute Gasteiger partial charge is 0.481 e. The first-order valence-corrected chi connectivity index (χ1v) is 8.83. The standard InChI is InChI=1S/C22H21NO4/c1-14(22(25)26)16-8-10-17(11-9-16)20(24)13-12-19-15(2)27-21(23-19)18-6-4-3-5-7-18/h3-11,14H,12-13H2,1-2H3,(H,25,26). The molecule has 1 N–H and O–H groups in total. The number of nitrogens with zero attached hydrogens (tertiary/aromatic N) is 1. The molecule has 0 aliphatic heterocycles. The lowest BCUT2D eigenvalue weighted by Crippen LogP contribution is -2.08. The molecule has 0 amide bonds. The van der Waals surface area contributed by atoms with Crippen LogP contribution < -0.4 is 0 Å². The summed E-state index contributed by atoms with van der Waals surface area (Å²) in [6.07, 6.45) is 0.809. The third-order valence-electron chi connectivity index (χ3n) is 4.61. The van der Waals surface area contributed by atoms with Gasteiger partial charge in [-0.3, -0.25) is 9.59 Å². The molecule has 0 radical (unpaired) electrons. The van der Waals surface area contributed by atoms with E-state index in [2.05, 4.69) is 4.98 Å². The lowest BCUT2D eigenvalue weighted by Gasteiger charge is -2.07. The van der Waals surface area contributed by atoms with E-state index in [1.807, 2.05) is 37.3 Å². The van der Waals surface area contributed by atoms with E-state index in [-0.39, 0.29) is 5.78 Å². The number of benzene rings is 2. The molecule has 0 fully saturated rings. The van der Waals surface area contributed by atoms with E-state index in [9.17, 15) is 9.59 Å². The Morgan fingerprint density at radius 3 is 2.37 bits per heavy atom. The van der Waals surface area contributed by atoms with Crippen LogP contribution in [0.4, 0.5) is 0 Å². The maximum absolute atomic E-state index is 12.4. The van der Waals surface area contributed by atoms with Crippen molar-refractivity contribution in [1.29, 1.82) is 0 Å². The summed E-state index contributed by atoms with van der Waals surface area (Å²) in [5.41, 5.74) is 2.93. The van der Waals surface area contributed by atoms with Crippen molar-refractivity contribution in [3.63, 3.8) is 0 Å². The molecule has 0 saturated carbocycles. The quantitative estimate of drug-likeness (QED) is 0.618. The van der Waals surface area contributed by atoms with Gasteiger partial charge in [-0.2, -0.15) is 0 Å². The molecule has 1 aromatic heterocycles. The van der Waals surface area contributed by atoms with Gasteiger partial charge < -0.3 is 9.52 Å². The van der Waals surface area contributed by atoms with Gasteiger partial charge in [0.05, 0.1) is 11.6 Å². The number of rotatable bonds is 7. The van der Waals surface area contributed by atoms with Crippen molar-refractivity contribution in [3.05, 3.63) is 77.2 Å². The zero-order valence-corrected chi connectivity index (χ0v) is 15.3. The van der Waals surface area contributed by atoms with Crippen LogP contribution in [0.2, 0.25) is 0 Å². The Morgan fingerprint density at radius 2 is 1.74 bits per heavy atom. The predicted molar refractivity (Wildman–Crippen MR) is 102 cm³/mol. The van der Waals surface area contributed by atoms with Gasteiger partial charge in [0.2, 0.25) is 5.89 Å². The van der Waals surface area contributed by atoms with Crippen LogP contribution in [-0.2, 0) is 11.2 Å². The van der Waals surface area contributed by atoms with Crippen LogP contribution >= 0.6 is 0 Å². The number of carbonyl (C=O) groups excluding carboxylic acids is 1. The molecule has 0 saturated heterocycles. The van der Waals surface area contributed by atoms with Gasteiger partial charge in [0, 0.05) is 24.0 Å². The van der Waals surface area contributed by atoms with Gasteiger partial charge in [-0.25, -0.2) is 4.98 Å². The minimum atomic E-state index is -0.884. The van der Waals surface area contributed by atoms with E-state index in [1.165, 1.54) is 0 Å². The van der Waals surface area contributed by atoms with Crippen molar-refractivity contribution >= 4 is 11.8 Å². The fourth-order valence-electron chi connectivity index (χ4n) is 2.84. The summed E-state index contributed by atoms with van der Waals surface area (Å²) >= 11 is 0. The van der Waals surface area contributed by atoms with Gasteiger partial charge in [-0.1, -0.05) is 42.5 Å². The molecule has 0 bridgehead atoms. The maximum atomic E-state index is 12.4. The number of carbonyl (C=O) groups is 2. The summed E-state index contributed by atoms with van der Waals surface area (Å²) in [5, 5.41) is 9.05. The highest BCUT2D eigenvalue weighted by atomic mass is 16.4. The van der Waals surface area contributed by atoms with Crippen molar-refractivity contribution in [2.45, 2.75) is 32.6 Å². The summed E-state index contributed by atoms with van der Waals surface area (Å²) < 4.78 is 5.73. The number of oxazole rings is 1. The van der Waals surface area contributed by atoms with Crippen LogP contribution in [0.25, 0.3) is 11.5 Å². The molecule has 138 valence electrons. The number of aliphatic carboxylic acids is 1. The van der Waals surface area contributed by atoms with Gasteiger partial charge in [0.25, 0.3) is 0 Å². The molecule has 3 rings (SSSR count). The molecule has 5 nitrogen and oxygen atoms in total. The number of hydrogen-bond donors (Lipinski definition) is 1. The van der Waals surface area contributed by atoms with Crippen molar-refractivity contribution in [2.75, 3.05) is 0 Å². The molecule has 3 aromatic rings. The van der Waals surface area contributed by atoms with E-state index in [0.29, 0.717) is 35.6 Å². The number of hydrogen-bond acceptors (Lipinski definition) is 4. The predicted octanol–water partition coefficient (Wildman–Crippen LogP) is 4.65. The molecular weight excluding hydrogens is 342 g/mol. The van der Waals surface area contributed by atoms with E-state index < -0.39 is 11.9 Å². The second kappa shape index (κ2) is 7.99. The number of aromatic nitrogens is 1. The smallest absolute Gasteiger partial charge is 0.310 e. The second-order valence-electron chi connectivity index (χ2n) is 6.49. The van der Waals surface area contributed by atoms with Crippen LogP contribution in [0.3, 0.4) is 0 Å². The van der Waals surface area contributed by atoms with Crippen LogP contribution in [0.5, 0.6) is 0 Å². The van der Waals surface area contributed by atoms with E-state index >= 15 is 0 Å². The Labute approximate surface area is 157 Å². The summed E-state index contributed by atoms with van der Waals surface area (Å²) in [6.45, 7) is 3.47. The molecule has 5 heteroatoms. The SMILES string of the molecule is Cc1oc(-c2ccccc2)nc1CCC(=O)c1ccc(C(C)C(=O)O)cc1. The Hall–Kier alpha value is -3.21. The van der Waals surface area contributed by atoms with Gasteiger partial charge in [0.1, 0.15) is 5.76 Å². The van der Waals surface area contributed by atoms with E-state index in [1.54, 1.807) is 31.2 Å². The van der Waals surface area contributed by atoms with Crippen LogP contribution in [0, 0.1) is 6.92 Å². The minimum absolute atomic E-state index is 0.00631. The topological polar surface area (TPSA) is 80.4 Å². The number of ketones is 1. The highest BCUT2D eigenvalue weighted by Crippen LogP contribution is 2.23. The van der Waals surface area contributed by atoms with E-state index in [4.69, 9.17) is 9.52 Å². The van der Waals surface area contributed by atoms with Gasteiger partial charge >= 0.3 is 5.97 Å². The van der Waals surface area contributed by atoms with Gasteiger partial charge in [-0.05, 0) is 31.5 Å². The number of carboxylic acids is 1. The molecule has 27 heavy (non-hydrogen) atoms. The first kappa shape index (κ1) is 18.6. The third kappa shape index (κ3) is 4.31. The van der Waals surface area contributed by atoms with Gasteiger partial charge in [0.15, 0.2) is 5.78 Å². The molecule has 1 atom stereocenters. The Morgan fingerprint density at radius 1 is 1.07 bits per heavy atom. The highest BCUT2D eigenvalue weighted by molar-refractivity contribution is 5.96. The lowest BCUT2D eigenvalue weighted by molar-refractivity contribution is -0.138. The number of aryl methyl sites for hydroxylation is 2. The molecule has 0 spiro atoms. The molecule has 1 heterocycles.